The van der Waals surface area contributed by atoms with Gasteiger partial charge in [-0.1, -0.05) is 18.2 Å². The van der Waals surface area contributed by atoms with Crippen LogP contribution < -0.4 is 11.1 Å². The molecular weight excluding hydrogens is 240 g/mol. The van der Waals surface area contributed by atoms with Crippen LogP contribution in [0, 0.1) is 0 Å². The first-order valence-corrected chi connectivity index (χ1v) is 7.09. The first-order valence-electron chi connectivity index (χ1n) is 5.14. The van der Waals surface area contributed by atoms with Gasteiger partial charge in [-0.25, -0.2) is 8.42 Å². The maximum absolute atomic E-state index is 11.7. The average molecular weight is 256 g/mol. The lowest BCUT2D eigenvalue weighted by molar-refractivity contribution is -0.115. The van der Waals surface area contributed by atoms with Gasteiger partial charge in [0.25, 0.3) is 0 Å². The van der Waals surface area contributed by atoms with E-state index < -0.39 is 21.0 Å². The molecule has 94 valence electrons. The second-order valence-electron chi connectivity index (χ2n) is 3.82. The van der Waals surface area contributed by atoms with Crippen molar-refractivity contribution in [2.45, 2.75) is 18.7 Å². The monoisotopic (exact) mass is 256 g/mol. The molecule has 1 amide bonds. The largest absolute Gasteiger partial charge is 0.326 e. The Morgan fingerprint density at radius 3 is 2.53 bits per heavy atom. The number of hydrogen-bond acceptors (Lipinski definition) is 4. The molecule has 6 heteroatoms. The summed E-state index contributed by atoms with van der Waals surface area (Å²) >= 11 is 0. The normalized spacial score (nSPS) is 13.1. The molecule has 0 aliphatic carbocycles. The highest BCUT2D eigenvalue weighted by molar-refractivity contribution is 7.92. The number of para-hydroxylation sites is 1. The van der Waals surface area contributed by atoms with E-state index in [1.165, 1.54) is 6.92 Å². The van der Waals surface area contributed by atoms with Crippen LogP contribution in [0.15, 0.2) is 24.3 Å². The smallest absolute Gasteiger partial charge is 0.242 e. The Bertz CT molecular complexity index is 511. The third-order valence-electron chi connectivity index (χ3n) is 2.51. The second kappa shape index (κ2) is 5.29. The van der Waals surface area contributed by atoms with Gasteiger partial charge in [0.05, 0.1) is 0 Å². The Morgan fingerprint density at radius 1 is 1.41 bits per heavy atom. The number of hydrogen-bond donors (Lipinski definition) is 2. The van der Waals surface area contributed by atoms with Crippen molar-refractivity contribution >= 4 is 21.4 Å². The third-order valence-corrected chi connectivity index (χ3v) is 4.01. The molecule has 0 radical (unpaired) electrons. The highest BCUT2D eigenvalue weighted by Gasteiger charge is 2.23. The maximum Gasteiger partial charge on any atom is 0.242 e. The molecule has 0 saturated carbocycles. The van der Waals surface area contributed by atoms with Crippen molar-refractivity contribution in [3.05, 3.63) is 29.8 Å². The summed E-state index contributed by atoms with van der Waals surface area (Å²) in [7, 11) is -3.39. The van der Waals surface area contributed by atoms with Crippen LogP contribution in [0.25, 0.3) is 0 Å². The van der Waals surface area contributed by atoms with Gasteiger partial charge in [0, 0.05) is 18.5 Å². The zero-order chi connectivity index (χ0) is 13.1. The minimum atomic E-state index is -3.39. The number of amides is 1. The summed E-state index contributed by atoms with van der Waals surface area (Å²) in [6.07, 6.45) is 1.03. The van der Waals surface area contributed by atoms with E-state index in [1.54, 1.807) is 24.3 Å². The number of nitrogens with two attached hydrogens (primary N) is 1. The molecule has 1 rings (SSSR count). The second-order valence-corrected chi connectivity index (χ2v) is 6.19. The van der Waals surface area contributed by atoms with Crippen molar-refractivity contribution in [2.75, 3.05) is 11.6 Å². The lowest BCUT2D eigenvalue weighted by Gasteiger charge is -2.12. The molecule has 0 saturated heterocycles. The third kappa shape index (κ3) is 3.54. The molecule has 0 aliphatic heterocycles. The molecule has 0 heterocycles. The van der Waals surface area contributed by atoms with Crippen LogP contribution in [0.1, 0.15) is 12.5 Å². The number of carbonyl (C=O) groups is 1. The van der Waals surface area contributed by atoms with Crippen molar-refractivity contribution in [3.63, 3.8) is 0 Å². The zero-order valence-electron chi connectivity index (χ0n) is 9.80. The molecule has 17 heavy (non-hydrogen) atoms. The molecule has 1 atom stereocenters. The summed E-state index contributed by atoms with van der Waals surface area (Å²) in [4.78, 5) is 11.7. The van der Waals surface area contributed by atoms with Crippen LogP contribution in [0.4, 0.5) is 5.69 Å². The van der Waals surface area contributed by atoms with Gasteiger partial charge in [-0.2, -0.15) is 0 Å². The van der Waals surface area contributed by atoms with Crippen LogP contribution in [0.3, 0.4) is 0 Å². The maximum atomic E-state index is 11.7. The standard InChI is InChI=1S/C11H16N2O3S/c1-8(17(2,15)16)11(14)13-10-6-4-3-5-9(10)7-12/h3-6,8H,7,12H2,1-2H3,(H,13,14). The van der Waals surface area contributed by atoms with Gasteiger partial charge in [0.2, 0.25) is 5.91 Å². The summed E-state index contributed by atoms with van der Waals surface area (Å²) in [5, 5.41) is 1.49. The van der Waals surface area contributed by atoms with Crippen LogP contribution in [0.5, 0.6) is 0 Å². The van der Waals surface area contributed by atoms with Gasteiger partial charge in [0.15, 0.2) is 9.84 Å². The molecule has 1 aromatic rings. The van der Waals surface area contributed by atoms with Crippen LogP contribution in [-0.4, -0.2) is 25.8 Å². The first kappa shape index (κ1) is 13.7. The molecule has 3 N–H and O–H groups in total. The van der Waals surface area contributed by atoms with E-state index in [1.807, 2.05) is 0 Å². The van der Waals surface area contributed by atoms with Crippen molar-refractivity contribution in [2.24, 2.45) is 5.73 Å². The molecule has 0 aliphatic rings. The molecule has 0 fully saturated rings. The number of benzene rings is 1. The minimum absolute atomic E-state index is 0.281. The van der Waals surface area contributed by atoms with Crippen molar-refractivity contribution < 1.29 is 13.2 Å². The van der Waals surface area contributed by atoms with E-state index >= 15 is 0 Å². The Labute approximate surface area is 101 Å². The summed E-state index contributed by atoms with van der Waals surface area (Å²) < 4.78 is 22.5. The van der Waals surface area contributed by atoms with Crippen LogP contribution >= 0.6 is 0 Å². The lowest BCUT2D eigenvalue weighted by Crippen LogP contribution is -2.32. The molecule has 5 nitrogen and oxygen atoms in total. The first-order chi connectivity index (χ1) is 7.86. The molecule has 0 bridgehead atoms. The highest BCUT2D eigenvalue weighted by Crippen LogP contribution is 2.15. The molecule has 0 spiro atoms. The van der Waals surface area contributed by atoms with E-state index in [0.29, 0.717) is 5.69 Å². The summed E-state index contributed by atoms with van der Waals surface area (Å²) in [6.45, 7) is 1.64. The zero-order valence-corrected chi connectivity index (χ0v) is 10.6. The van der Waals surface area contributed by atoms with Gasteiger partial charge < -0.3 is 11.1 Å². The van der Waals surface area contributed by atoms with E-state index in [9.17, 15) is 13.2 Å². The van der Waals surface area contributed by atoms with Crippen molar-refractivity contribution in [3.8, 4) is 0 Å². The number of anilines is 1. The Morgan fingerprint density at radius 2 is 2.00 bits per heavy atom. The summed E-state index contributed by atoms with van der Waals surface area (Å²) in [6, 6.07) is 7.02. The van der Waals surface area contributed by atoms with Gasteiger partial charge in [-0.3, -0.25) is 4.79 Å². The SMILES string of the molecule is CC(C(=O)Nc1ccccc1CN)S(C)(=O)=O. The topological polar surface area (TPSA) is 89.3 Å². The van der Waals surface area contributed by atoms with Crippen molar-refractivity contribution in [1.82, 2.24) is 0 Å². The van der Waals surface area contributed by atoms with Gasteiger partial charge in [-0.05, 0) is 18.6 Å². The number of carbonyl (C=O) groups excluding carboxylic acids is 1. The molecule has 1 unspecified atom stereocenters. The predicted molar refractivity (Wildman–Crippen MR) is 67.3 cm³/mol. The Hall–Kier alpha value is -1.40. The van der Waals surface area contributed by atoms with E-state index in [0.717, 1.165) is 11.8 Å². The predicted octanol–water partition coefficient (Wildman–Crippen LogP) is 0.517. The van der Waals surface area contributed by atoms with Gasteiger partial charge in [-0.15, -0.1) is 0 Å². The fraction of sp³-hybridized carbons (Fsp3) is 0.364. The molecule has 1 aromatic carbocycles. The Balaban J connectivity index is 2.89. The highest BCUT2D eigenvalue weighted by atomic mass is 32.2. The van der Waals surface area contributed by atoms with E-state index in [-0.39, 0.29) is 6.54 Å². The summed E-state index contributed by atoms with van der Waals surface area (Å²) in [5.74, 6) is -0.548. The number of nitrogens with one attached hydrogen (secondary N) is 1. The average Bonchev–Trinajstić information content (AvgIpc) is 2.27. The minimum Gasteiger partial charge on any atom is -0.326 e. The van der Waals surface area contributed by atoms with Crippen LogP contribution in [-0.2, 0) is 21.2 Å². The van der Waals surface area contributed by atoms with E-state index in [2.05, 4.69) is 5.32 Å². The molecular formula is C11H16N2O3S. The van der Waals surface area contributed by atoms with Gasteiger partial charge in [0.1, 0.15) is 5.25 Å². The van der Waals surface area contributed by atoms with Crippen LogP contribution in [0.2, 0.25) is 0 Å². The van der Waals surface area contributed by atoms with Gasteiger partial charge >= 0.3 is 0 Å². The number of rotatable bonds is 4. The summed E-state index contributed by atoms with van der Waals surface area (Å²) in [5.41, 5.74) is 6.84. The van der Waals surface area contributed by atoms with Crippen molar-refractivity contribution in [1.29, 1.82) is 0 Å². The fourth-order valence-electron chi connectivity index (χ4n) is 1.25. The van der Waals surface area contributed by atoms with E-state index in [4.69, 9.17) is 5.73 Å². The molecule has 0 aromatic heterocycles. The Kier molecular flexibility index (Phi) is 4.25. The fourth-order valence-corrected chi connectivity index (χ4v) is 1.70. The lowest BCUT2D eigenvalue weighted by atomic mass is 10.2. The quantitative estimate of drug-likeness (QED) is 0.821. The number of sulfone groups is 1.